The zero-order valence-corrected chi connectivity index (χ0v) is 16.7. The van der Waals surface area contributed by atoms with E-state index in [9.17, 15) is 18.4 Å². The molecule has 0 spiro atoms. The Morgan fingerprint density at radius 2 is 2.07 bits per heavy atom. The molecule has 1 atom stereocenters. The minimum Gasteiger partial charge on any atom is -0.459 e. The van der Waals surface area contributed by atoms with E-state index in [1.807, 2.05) is 0 Å². The third kappa shape index (κ3) is 4.50. The first kappa shape index (κ1) is 20.6. The Balaban J connectivity index is 1.77. The first-order valence-corrected chi connectivity index (χ1v) is 9.53. The van der Waals surface area contributed by atoms with Crippen LogP contribution in [0.5, 0.6) is 0 Å². The third-order valence-electron chi connectivity index (χ3n) is 4.09. The molecule has 2 N–H and O–H groups in total. The van der Waals surface area contributed by atoms with E-state index >= 15 is 0 Å². The fourth-order valence-electron chi connectivity index (χ4n) is 2.64. The predicted molar refractivity (Wildman–Crippen MR) is 103 cm³/mol. The molecule has 0 radical (unpaired) electrons. The highest BCUT2D eigenvalue weighted by atomic mass is 32.1. The normalized spacial score (nSPS) is 12.4. The van der Waals surface area contributed by atoms with Crippen molar-refractivity contribution in [2.24, 2.45) is 5.92 Å². The van der Waals surface area contributed by atoms with Gasteiger partial charge in [0.2, 0.25) is 5.91 Å². The molecule has 2 amide bonds. The molecule has 0 aromatic carbocycles. The van der Waals surface area contributed by atoms with E-state index in [4.69, 9.17) is 4.42 Å². The number of amides is 2. The van der Waals surface area contributed by atoms with Crippen molar-refractivity contribution in [3.8, 4) is 10.7 Å². The monoisotopic (exact) mass is 423 g/mol. The molecule has 8 nitrogen and oxygen atoms in total. The molecule has 0 aliphatic heterocycles. The number of nitrogens with one attached hydrogen (secondary N) is 2. The molecule has 1 unspecified atom stereocenters. The summed E-state index contributed by atoms with van der Waals surface area (Å²) < 4.78 is 32.0. The van der Waals surface area contributed by atoms with Gasteiger partial charge in [-0.3, -0.25) is 14.2 Å². The summed E-state index contributed by atoms with van der Waals surface area (Å²) in [6, 6.07) is 2.22. The Morgan fingerprint density at radius 3 is 2.69 bits per heavy atom. The van der Waals surface area contributed by atoms with Gasteiger partial charge < -0.3 is 15.1 Å². The Labute approximate surface area is 169 Å². The highest BCUT2D eigenvalue weighted by Crippen LogP contribution is 2.33. The minimum absolute atomic E-state index is 0.0713. The highest BCUT2D eigenvalue weighted by molar-refractivity contribution is 7.19. The lowest BCUT2D eigenvalue weighted by molar-refractivity contribution is -0.118. The summed E-state index contributed by atoms with van der Waals surface area (Å²) in [5.74, 6) is -1.04. The number of halogens is 2. The van der Waals surface area contributed by atoms with Gasteiger partial charge in [0.25, 0.3) is 5.91 Å². The number of nitrogens with zero attached hydrogens (tertiary/aromatic N) is 3. The molecule has 0 saturated carbocycles. The molecule has 3 heterocycles. The van der Waals surface area contributed by atoms with Gasteiger partial charge in [0.05, 0.1) is 16.8 Å². The number of alkyl halides is 2. The van der Waals surface area contributed by atoms with Crippen LogP contribution in [0, 0.1) is 12.8 Å². The molecule has 3 aromatic rings. The number of anilines is 1. The van der Waals surface area contributed by atoms with Crippen molar-refractivity contribution in [3.63, 3.8) is 0 Å². The number of carbonyl (C=O) groups is 2. The number of aromatic nitrogens is 3. The van der Waals surface area contributed by atoms with Gasteiger partial charge in [-0.05, 0) is 25.0 Å². The molecule has 0 saturated heterocycles. The van der Waals surface area contributed by atoms with Gasteiger partial charge in [-0.25, -0.2) is 9.97 Å². The number of imidazole rings is 1. The second-order valence-corrected chi connectivity index (χ2v) is 7.53. The standard InChI is InChI=1S/C18H19F2N5O3S/c1-9(2)12(23-15(26)11-5-4-8-28-11)16(27)24-18-22-10(3)13(29-18)14-21-6-7-25(14)17(19)20/h4-9,12,17H,1-3H3,(H,23,26)(H,22,24,27). The third-order valence-corrected chi connectivity index (χ3v) is 5.16. The number of carbonyl (C=O) groups excluding carboxylic acids is 2. The summed E-state index contributed by atoms with van der Waals surface area (Å²) in [5, 5.41) is 5.50. The van der Waals surface area contributed by atoms with E-state index in [1.165, 1.54) is 24.7 Å². The van der Waals surface area contributed by atoms with E-state index in [-0.39, 0.29) is 22.6 Å². The lowest BCUT2D eigenvalue weighted by atomic mass is 10.0. The molecule has 154 valence electrons. The number of furan rings is 1. The molecule has 0 aliphatic rings. The van der Waals surface area contributed by atoms with E-state index in [0.717, 1.165) is 15.9 Å². The molecular formula is C18H19F2N5O3S. The topological polar surface area (TPSA) is 102 Å². The van der Waals surface area contributed by atoms with Crippen LogP contribution >= 0.6 is 11.3 Å². The van der Waals surface area contributed by atoms with Crippen LogP contribution in [-0.4, -0.2) is 32.4 Å². The van der Waals surface area contributed by atoms with Crippen LogP contribution in [0.15, 0.2) is 35.2 Å². The molecule has 3 aromatic heterocycles. The first-order valence-electron chi connectivity index (χ1n) is 8.72. The molecule has 29 heavy (non-hydrogen) atoms. The Kier molecular flexibility index (Phi) is 6.06. The minimum atomic E-state index is -2.74. The average Bonchev–Trinajstić information content (AvgIpc) is 3.39. The van der Waals surface area contributed by atoms with Gasteiger partial charge >= 0.3 is 6.55 Å². The molecule has 3 rings (SSSR count). The van der Waals surface area contributed by atoms with Crippen LogP contribution in [-0.2, 0) is 4.79 Å². The Bertz CT molecular complexity index is 997. The fraction of sp³-hybridized carbons (Fsp3) is 0.333. The number of thiazole rings is 1. The molecule has 0 aliphatic carbocycles. The van der Waals surface area contributed by atoms with Crippen LogP contribution in [0.4, 0.5) is 13.9 Å². The van der Waals surface area contributed by atoms with Crippen molar-refractivity contribution in [3.05, 3.63) is 42.2 Å². The summed E-state index contributed by atoms with van der Waals surface area (Å²) in [6.45, 7) is 2.47. The second kappa shape index (κ2) is 8.52. The predicted octanol–water partition coefficient (Wildman–Crippen LogP) is 3.70. The van der Waals surface area contributed by atoms with Crippen molar-refractivity contribution in [2.75, 3.05) is 5.32 Å². The number of aryl methyl sites for hydroxylation is 1. The van der Waals surface area contributed by atoms with Gasteiger partial charge in [0.1, 0.15) is 6.04 Å². The SMILES string of the molecule is Cc1nc(NC(=O)C(NC(=O)c2ccco2)C(C)C)sc1-c1nccn1C(F)F. The van der Waals surface area contributed by atoms with Crippen molar-refractivity contribution in [1.82, 2.24) is 19.9 Å². The van der Waals surface area contributed by atoms with Crippen LogP contribution in [0.3, 0.4) is 0 Å². The number of hydrogen-bond donors (Lipinski definition) is 2. The maximum atomic E-state index is 13.1. The lowest BCUT2D eigenvalue weighted by Gasteiger charge is -2.20. The van der Waals surface area contributed by atoms with E-state index in [2.05, 4.69) is 20.6 Å². The maximum Gasteiger partial charge on any atom is 0.320 e. The zero-order chi connectivity index (χ0) is 21.1. The molecular weight excluding hydrogens is 404 g/mol. The second-order valence-electron chi connectivity index (χ2n) is 6.53. The average molecular weight is 423 g/mol. The van der Waals surface area contributed by atoms with Crippen LogP contribution < -0.4 is 10.6 Å². The quantitative estimate of drug-likeness (QED) is 0.603. The smallest absolute Gasteiger partial charge is 0.320 e. The Morgan fingerprint density at radius 1 is 1.31 bits per heavy atom. The van der Waals surface area contributed by atoms with Gasteiger partial charge in [-0.15, -0.1) is 0 Å². The molecule has 0 fully saturated rings. The highest BCUT2D eigenvalue weighted by Gasteiger charge is 2.27. The molecule has 11 heteroatoms. The summed E-state index contributed by atoms with van der Waals surface area (Å²) in [4.78, 5) is 33.5. The fourth-order valence-corrected chi connectivity index (χ4v) is 3.61. The first-order chi connectivity index (χ1) is 13.8. The van der Waals surface area contributed by atoms with Crippen molar-refractivity contribution in [1.29, 1.82) is 0 Å². The van der Waals surface area contributed by atoms with Crippen LogP contribution in [0.1, 0.15) is 36.6 Å². The summed E-state index contributed by atoms with van der Waals surface area (Å²) in [5.41, 5.74) is 0.458. The van der Waals surface area contributed by atoms with Crippen LogP contribution in [0.2, 0.25) is 0 Å². The summed E-state index contributed by atoms with van der Waals surface area (Å²) in [6.07, 6.45) is 3.82. The largest absolute Gasteiger partial charge is 0.459 e. The van der Waals surface area contributed by atoms with Gasteiger partial charge in [-0.2, -0.15) is 8.78 Å². The van der Waals surface area contributed by atoms with Crippen LogP contribution in [0.25, 0.3) is 10.7 Å². The molecule has 0 bridgehead atoms. The maximum absolute atomic E-state index is 13.1. The zero-order valence-electron chi connectivity index (χ0n) is 15.8. The summed E-state index contributed by atoms with van der Waals surface area (Å²) in [7, 11) is 0. The Hall–Kier alpha value is -3.08. The summed E-state index contributed by atoms with van der Waals surface area (Å²) >= 11 is 1.03. The van der Waals surface area contributed by atoms with Crippen molar-refractivity contribution >= 4 is 28.3 Å². The van der Waals surface area contributed by atoms with E-state index < -0.39 is 24.4 Å². The van der Waals surface area contributed by atoms with Gasteiger partial charge in [0, 0.05) is 12.4 Å². The van der Waals surface area contributed by atoms with Crippen molar-refractivity contribution in [2.45, 2.75) is 33.4 Å². The van der Waals surface area contributed by atoms with E-state index in [0.29, 0.717) is 10.6 Å². The number of rotatable bonds is 7. The number of hydrogen-bond acceptors (Lipinski definition) is 6. The van der Waals surface area contributed by atoms with Crippen molar-refractivity contribution < 1.29 is 22.8 Å². The van der Waals surface area contributed by atoms with Gasteiger partial charge in [0.15, 0.2) is 16.7 Å². The lowest BCUT2D eigenvalue weighted by Crippen LogP contribution is -2.47. The van der Waals surface area contributed by atoms with Gasteiger partial charge in [-0.1, -0.05) is 25.2 Å². The van der Waals surface area contributed by atoms with E-state index in [1.54, 1.807) is 26.8 Å².